The first kappa shape index (κ1) is 23.3. The minimum atomic E-state index is -0.378. The first-order chi connectivity index (χ1) is 16.0. The van der Waals surface area contributed by atoms with Crippen LogP contribution in [0.1, 0.15) is 27.9 Å². The summed E-state index contributed by atoms with van der Waals surface area (Å²) in [7, 11) is 0. The minimum Gasteiger partial charge on any atom is -0.467 e. The summed E-state index contributed by atoms with van der Waals surface area (Å²) >= 11 is 2.50. The summed E-state index contributed by atoms with van der Waals surface area (Å²) < 4.78 is 18.0. The molecule has 176 valence electrons. The molecule has 0 radical (unpaired) electrons. The predicted octanol–water partition coefficient (Wildman–Crippen LogP) is 3.03. The molecule has 1 N–H and O–H groups in total. The van der Waals surface area contributed by atoms with Gasteiger partial charge in [-0.2, -0.15) is 0 Å². The van der Waals surface area contributed by atoms with E-state index in [0.29, 0.717) is 41.4 Å². The number of hydrogen-bond acceptors (Lipinski definition) is 10. The Labute approximate surface area is 199 Å². The number of furan rings is 1. The van der Waals surface area contributed by atoms with Crippen LogP contribution in [-0.2, 0) is 20.8 Å². The quantitative estimate of drug-likeness (QED) is 0.356. The van der Waals surface area contributed by atoms with Crippen LogP contribution in [-0.4, -0.2) is 65.3 Å². The number of morpholine rings is 1. The van der Waals surface area contributed by atoms with Gasteiger partial charge in [0, 0.05) is 13.1 Å². The monoisotopic (exact) mass is 491 g/mol. The van der Waals surface area contributed by atoms with Crippen molar-refractivity contribution in [3.8, 4) is 0 Å². The molecule has 0 bridgehead atoms. The molecule has 1 amide bonds. The van der Waals surface area contributed by atoms with E-state index in [0.717, 1.165) is 30.4 Å². The Morgan fingerprint density at radius 1 is 1.30 bits per heavy atom. The summed E-state index contributed by atoms with van der Waals surface area (Å²) in [5, 5.41) is 12.8. The molecule has 3 aromatic heterocycles. The standard InChI is InChI=1S/C21H25N5O5S2/c1-3-30-19(28)18-14(2)11-17(33-18)22-16(27)13-32-21-24-23-20(25-6-9-29-10-7-25)26(21)12-15-5-4-8-31-15/h4-5,8,11H,3,6-7,9-10,12-13H2,1-2H3,(H,22,27). The van der Waals surface area contributed by atoms with Crippen molar-refractivity contribution in [2.45, 2.75) is 25.5 Å². The number of carbonyl (C=O) groups is 2. The fraction of sp³-hybridized carbons (Fsp3) is 0.429. The molecule has 4 heterocycles. The smallest absolute Gasteiger partial charge is 0.348 e. The molecule has 0 aliphatic carbocycles. The van der Waals surface area contributed by atoms with Crippen LogP contribution in [0.3, 0.4) is 0 Å². The summed E-state index contributed by atoms with van der Waals surface area (Å²) in [6.07, 6.45) is 1.63. The fourth-order valence-electron chi connectivity index (χ4n) is 3.33. The number of aromatic nitrogens is 3. The molecule has 1 aliphatic rings. The SMILES string of the molecule is CCOC(=O)c1sc(NC(=O)CSc2nnc(N3CCOCC3)n2Cc2ccco2)cc1C. The van der Waals surface area contributed by atoms with Crippen molar-refractivity contribution >= 4 is 45.9 Å². The lowest BCUT2D eigenvalue weighted by Crippen LogP contribution is -2.38. The number of rotatable bonds is 9. The Morgan fingerprint density at radius 2 is 2.12 bits per heavy atom. The number of esters is 1. The zero-order valence-corrected chi connectivity index (χ0v) is 20.0. The van der Waals surface area contributed by atoms with Gasteiger partial charge in [0.05, 0.1) is 43.4 Å². The number of thiophene rings is 1. The van der Waals surface area contributed by atoms with E-state index in [2.05, 4.69) is 20.4 Å². The third kappa shape index (κ3) is 5.75. The summed E-state index contributed by atoms with van der Waals surface area (Å²) in [6, 6.07) is 5.50. The van der Waals surface area contributed by atoms with Gasteiger partial charge in [-0.1, -0.05) is 11.8 Å². The number of ether oxygens (including phenoxy) is 2. The van der Waals surface area contributed by atoms with Gasteiger partial charge in [-0.05, 0) is 37.6 Å². The number of amides is 1. The summed E-state index contributed by atoms with van der Waals surface area (Å²) in [6.45, 7) is 7.06. The van der Waals surface area contributed by atoms with Crippen LogP contribution in [0.4, 0.5) is 10.9 Å². The molecule has 33 heavy (non-hydrogen) atoms. The van der Waals surface area contributed by atoms with Gasteiger partial charge in [-0.25, -0.2) is 4.79 Å². The second-order valence-electron chi connectivity index (χ2n) is 7.23. The van der Waals surface area contributed by atoms with E-state index in [-0.39, 0.29) is 17.6 Å². The van der Waals surface area contributed by atoms with Gasteiger partial charge < -0.3 is 24.1 Å². The van der Waals surface area contributed by atoms with Gasteiger partial charge >= 0.3 is 5.97 Å². The molecule has 0 aromatic carbocycles. The van der Waals surface area contributed by atoms with E-state index in [1.165, 1.54) is 23.1 Å². The van der Waals surface area contributed by atoms with Crippen LogP contribution in [0, 0.1) is 6.92 Å². The Kier molecular flexibility index (Phi) is 7.68. The van der Waals surface area contributed by atoms with Crippen molar-refractivity contribution in [2.24, 2.45) is 0 Å². The van der Waals surface area contributed by atoms with E-state index in [1.807, 2.05) is 23.6 Å². The number of nitrogens with zero attached hydrogens (tertiary/aromatic N) is 4. The highest BCUT2D eigenvalue weighted by molar-refractivity contribution is 7.99. The lowest BCUT2D eigenvalue weighted by molar-refractivity contribution is -0.113. The molecule has 12 heteroatoms. The van der Waals surface area contributed by atoms with E-state index in [9.17, 15) is 9.59 Å². The van der Waals surface area contributed by atoms with E-state index >= 15 is 0 Å². The van der Waals surface area contributed by atoms with Crippen LogP contribution in [0.2, 0.25) is 0 Å². The van der Waals surface area contributed by atoms with Crippen molar-refractivity contribution in [3.05, 3.63) is 40.7 Å². The van der Waals surface area contributed by atoms with Gasteiger partial charge in [-0.15, -0.1) is 21.5 Å². The van der Waals surface area contributed by atoms with Gasteiger partial charge in [0.1, 0.15) is 10.6 Å². The number of carbonyl (C=O) groups excluding carboxylic acids is 2. The normalized spacial score (nSPS) is 13.8. The second-order valence-corrected chi connectivity index (χ2v) is 9.22. The average molecular weight is 492 g/mol. The highest BCUT2D eigenvalue weighted by Crippen LogP contribution is 2.28. The van der Waals surface area contributed by atoms with Gasteiger partial charge in [0.2, 0.25) is 11.9 Å². The van der Waals surface area contributed by atoms with Crippen LogP contribution in [0.5, 0.6) is 0 Å². The van der Waals surface area contributed by atoms with E-state index < -0.39 is 0 Å². The van der Waals surface area contributed by atoms with E-state index in [1.54, 1.807) is 19.3 Å². The number of aryl methyl sites for hydroxylation is 1. The Balaban J connectivity index is 1.43. The van der Waals surface area contributed by atoms with Crippen LogP contribution < -0.4 is 10.2 Å². The fourth-order valence-corrected chi connectivity index (χ4v) is 5.04. The highest BCUT2D eigenvalue weighted by Gasteiger charge is 2.22. The number of thioether (sulfide) groups is 1. The zero-order valence-electron chi connectivity index (χ0n) is 18.4. The van der Waals surface area contributed by atoms with Crippen LogP contribution in [0.25, 0.3) is 0 Å². The lowest BCUT2D eigenvalue weighted by Gasteiger charge is -2.27. The molecule has 1 aliphatic heterocycles. The molecule has 0 atom stereocenters. The number of nitrogens with one attached hydrogen (secondary N) is 1. The number of hydrogen-bond donors (Lipinski definition) is 1. The molecule has 10 nitrogen and oxygen atoms in total. The maximum absolute atomic E-state index is 12.6. The molecule has 1 fully saturated rings. The Bertz CT molecular complexity index is 1090. The third-order valence-corrected chi connectivity index (χ3v) is 6.96. The first-order valence-electron chi connectivity index (χ1n) is 10.5. The summed E-state index contributed by atoms with van der Waals surface area (Å²) in [5.74, 6) is 1.07. The molecule has 0 spiro atoms. The maximum Gasteiger partial charge on any atom is 0.348 e. The Hall–Kier alpha value is -2.83. The third-order valence-electron chi connectivity index (χ3n) is 4.86. The Morgan fingerprint density at radius 3 is 2.85 bits per heavy atom. The van der Waals surface area contributed by atoms with Gasteiger partial charge in [-0.3, -0.25) is 9.36 Å². The average Bonchev–Trinajstić information content (AvgIpc) is 3.54. The second kappa shape index (κ2) is 10.9. The molecule has 4 rings (SSSR count). The van der Waals surface area contributed by atoms with Crippen molar-refractivity contribution in [1.82, 2.24) is 14.8 Å². The number of anilines is 2. The molecule has 3 aromatic rings. The van der Waals surface area contributed by atoms with Crippen molar-refractivity contribution in [3.63, 3.8) is 0 Å². The predicted molar refractivity (Wildman–Crippen MR) is 125 cm³/mol. The summed E-state index contributed by atoms with van der Waals surface area (Å²) in [4.78, 5) is 27.2. The van der Waals surface area contributed by atoms with Crippen LogP contribution in [0.15, 0.2) is 34.0 Å². The van der Waals surface area contributed by atoms with Crippen molar-refractivity contribution < 1.29 is 23.5 Å². The maximum atomic E-state index is 12.6. The topological polar surface area (TPSA) is 112 Å². The summed E-state index contributed by atoms with van der Waals surface area (Å²) in [5.41, 5.74) is 0.773. The lowest BCUT2D eigenvalue weighted by atomic mass is 10.3. The first-order valence-corrected chi connectivity index (χ1v) is 12.3. The van der Waals surface area contributed by atoms with Gasteiger partial charge in [0.25, 0.3) is 0 Å². The van der Waals surface area contributed by atoms with Crippen LogP contribution >= 0.6 is 23.1 Å². The zero-order chi connectivity index (χ0) is 23.2. The molecule has 0 unspecified atom stereocenters. The molecular weight excluding hydrogens is 466 g/mol. The largest absolute Gasteiger partial charge is 0.467 e. The molecular formula is C21H25N5O5S2. The van der Waals surface area contributed by atoms with Gasteiger partial charge in [0.15, 0.2) is 5.16 Å². The van der Waals surface area contributed by atoms with E-state index in [4.69, 9.17) is 13.9 Å². The molecule has 0 saturated carbocycles. The van der Waals surface area contributed by atoms with Crippen molar-refractivity contribution in [1.29, 1.82) is 0 Å². The molecule has 1 saturated heterocycles. The van der Waals surface area contributed by atoms with Crippen molar-refractivity contribution in [2.75, 3.05) is 48.9 Å². The minimum absolute atomic E-state index is 0.144. The highest BCUT2D eigenvalue weighted by atomic mass is 32.2.